The smallest absolute Gasteiger partial charge is 0.206 e. The van der Waals surface area contributed by atoms with Crippen LogP contribution in [0, 0.1) is 0 Å². The fraction of sp³-hybridized carbons (Fsp3) is 0.400. The topological polar surface area (TPSA) is 0 Å². The molecule has 14 heavy (non-hydrogen) atoms. The van der Waals surface area contributed by atoms with Crippen LogP contribution in [-0.2, 0) is 20.6 Å². The van der Waals surface area contributed by atoms with Crippen LogP contribution >= 0.6 is 0 Å². The van der Waals surface area contributed by atoms with Crippen molar-refractivity contribution in [2.24, 2.45) is 0 Å². The lowest BCUT2D eigenvalue weighted by Crippen LogP contribution is -1.93. The Bertz CT molecular complexity index is 370. The fourth-order valence-corrected chi connectivity index (χ4v) is 2.32. The van der Waals surface area contributed by atoms with Crippen molar-refractivity contribution in [3.8, 4) is 0 Å². The van der Waals surface area contributed by atoms with Crippen molar-refractivity contribution >= 4 is 20.6 Å². The van der Waals surface area contributed by atoms with Crippen LogP contribution in [-0.4, -0.2) is 12.2 Å². The Morgan fingerprint density at radius 2 is 1.86 bits per heavy atom. The molecule has 2 unspecified atom stereocenters. The maximum absolute atomic E-state index is 12.7. The summed E-state index contributed by atoms with van der Waals surface area (Å²) in [7, 11) is -0.203. The van der Waals surface area contributed by atoms with Gasteiger partial charge in [-0.3, -0.25) is 0 Å². The average Bonchev–Trinajstić information content (AvgIpc) is 2.75. The van der Waals surface area contributed by atoms with Crippen LogP contribution < -0.4 is 0 Å². The van der Waals surface area contributed by atoms with Crippen molar-refractivity contribution in [2.45, 2.75) is 23.2 Å². The first-order chi connectivity index (χ1) is 6.50. The molecule has 2 atom stereocenters. The summed E-state index contributed by atoms with van der Waals surface area (Å²) in [6, 6.07) is 7.27. The zero-order valence-corrected chi connectivity index (χ0v) is 9.30. The van der Waals surface area contributed by atoms with E-state index in [9.17, 15) is 8.78 Å². The standard InChI is InChI=1S/C10H10F2S2/c1-14(13)8-4-2-7(3-5-8)9-6-10(9,11)12/h2-5,9H,6H2,1H3. The molecule has 0 amide bonds. The molecule has 0 spiro atoms. The Morgan fingerprint density at radius 1 is 1.36 bits per heavy atom. The van der Waals surface area contributed by atoms with E-state index in [1.54, 1.807) is 12.1 Å². The third-order valence-electron chi connectivity index (χ3n) is 2.44. The average molecular weight is 232 g/mol. The maximum Gasteiger partial charge on any atom is 0.255 e. The Kier molecular flexibility index (Phi) is 2.43. The monoisotopic (exact) mass is 232 g/mol. The molecule has 2 rings (SSSR count). The zero-order valence-electron chi connectivity index (χ0n) is 7.67. The summed E-state index contributed by atoms with van der Waals surface area (Å²) in [4.78, 5) is 1.05. The highest BCUT2D eigenvalue weighted by molar-refractivity contribution is 8.28. The van der Waals surface area contributed by atoms with E-state index in [2.05, 4.69) is 0 Å². The van der Waals surface area contributed by atoms with E-state index in [4.69, 9.17) is 11.2 Å². The van der Waals surface area contributed by atoms with Crippen LogP contribution in [0.3, 0.4) is 0 Å². The van der Waals surface area contributed by atoms with E-state index in [-0.39, 0.29) is 15.9 Å². The molecule has 0 aromatic heterocycles. The van der Waals surface area contributed by atoms with Crippen molar-refractivity contribution in [1.82, 2.24) is 0 Å². The van der Waals surface area contributed by atoms with Gasteiger partial charge in [0.2, 0.25) is 0 Å². The summed E-state index contributed by atoms with van der Waals surface area (Å²) < 4.78 is 25.4. The van der Waals surface area contributed by atoms with Gasteiger partial charge in [0.1, 0.15) is 0 Å². The van der Waals surface area contributed by atoms with E-state index in [0.717, 1.165) is 10.5 Å². The minimum absolute atomic E-state index is 0.00192. The Hall–Kier alpha value is -0.350. The van der Waals surface area contributed by atoms with Crippen molar-refractivity contribution in [1.29, 1.82) is 0 Å². The normalized spacial score (nSPS) is 25.8. The third kappa shape index (κ3) is 1.86. The van der Waals surface area contributed by atoms with Gasteiger partial charge in [-0.25, -0.2) is 8.78 Å². The quantitative estimate of drug-likeness (QED) is 0.755. The van der Waals surface area contributed by atoms with Crippen LogP contribution in [0.4, 0.5) is 8.78 Å². The summed E-state index contributed by atoms with van der Waals surface area (Å²) >= 11 is 5.09. The molecule has 1 saturated carbocycles. The minimum Gasteiger partial charge on any atom is -0.206 e. The van der Waals surface area contributed by atoms with E-state index >= 15 is 0 Å². The first-order valence-corrected chi connectivity index (χ1v) is 6.88. The van der Waals surface area contributed by atoms with Gasteiger partial charge in [0.05, 0.1) is 5.92 Å². The van der Waals surface area contributed by atoms with Gasteiger partial charge in [0.15, 0.2) is 0 Å². The highest BCUT2D eigenvalue weighted by atomic mass is 32.8. The minimum atomic E-state index is -2.47. The summed E-state index contributed by atoms with van der Waals surface area (Å²) in [5.41, 5.74) is 0.735. The molecule has 0 nitrogen and oxygen atoms in total. The van der Waals surface area contributed by atoms with Crippen LogP contribution in [0.25, 0.3) is 0 Å². The predicted octanol–water partition coefficient (Wildman–Crippen LogP) is 2.88. The van der Waals surface area contributed by atoms with Gasteiger partial charge < -0.3 is 0 Å². The van der Waals surface area contributed by atoms with Gasteiger partial charge in [-0.1, -0.05) is 21.6 Å². The van der Waals surface area contributed by atoms with E-state index in [0.29, 0.717) is 0 Å². The van der Waals surface area contributed by atoms with E-state index < -0.39 is 11.8 Å². The molecule has 76 valence electrons. The zero-order chi connectivity index (χ0) is 10.3. The fourth-order valence-electron chi connectivity index (χ4n) is 1.47. The second-order valence-corrected chi connectivity index (χ2v) is 6.42. The van der Waals surface area contributed by atoms with Crippen molar-refractivity contribution in [3.63, 3.8) is 0 Å². The third-order valence-corrected chi connectivity index (χ3v) is 3.95. The lowest BCUT2D eigenvalue weighted by atomic mass is 10.1. The Morgan fingerprint density at radius 3 is 2.21 bits per heavy atom. The number of hydrogen-bond acceptors (Lipinski definition) is 1. The van der Waals surface area contributed by atoms with Crippen LogP contribution in [0.1, 0.15) is 17.9 Å². The second-order valence-electron chi connectivity index (χ2n) is 3.54. The van der Waals surface area contributed by atoms with E-state index in [1.807, 2.05) is 18.4 Å². The van der Waals surface area contributed by atoms with Crippen LogP contribution in [0.5, 0.6) is 0 Å². The molecule has 0 bridgehead atoms. The highest BCUT2D eigenvalue weighted by Crippen LogP contribution is 2.55. The first kappa shape index (κ1) is 10.2. The number of benzene rings is 1. The number of alkyl halides is 2. The Labute approximate surface area is 88.9 Å². The molecule has 0 N–H and O–H groups in total. The van der Waals surface area contributed by atoms with Gasteiger partial charge in [-0.2, -0.15) is 0 Å². The maximum atomic E-state index is 12.7. The predicted molar refractivity (Wildman–Crippen MR) is 57.7 cm³/mol. The molecule has 1 aliphatic carbocycles. The molecule has 0 radical (unpaired) electrons. The molecule has 1 fully saturated rings. The molecule has 0 heterocycles. The summed E-state index contributed by atoms with van der Waals surface area (Å²) in [6.45, 7) is 0. The summed E-state index contributed by atoms with van der Waals surface area (Å²) in [5.74, 6) is -3.02. The molecule has 1 aromatic rings. The number of hydrogen-bond donors (Lipinski definition) is 0. The van der Waals surface area contributed by atoms with Crippen molar-refractivity contribution < 1.29 is 8.78 Å². The summed E-state index contributed by atoms with van der Waals surface area (Å²) in [6.07, 6.45) is 1.94. The Balaban J connectivity index is 2.20. The van der Waals surface area contributed by atoms with Gasteiger partial charge in [0.25, 0.3) is 5.92 Å². The van der Waals surface area contributed by atoms with Gasteiger partial charge in [-0.15, -0.1) is 0 Å². The molecular formula is C10H10F2S2. The molecule has 4 heteroatoms. The lowest BCUT2D eigenvalue weighted by Gasteiger charge is -2.02. The molecule has 1 aromatic carbocycles. The molecule has 1 aliphatic rings. The molecular weight excluding hydrogens is 222 g/mol. The van der Waals surface area contributed by atoms with E-state index in [1.165, 1.54) is 0 Å². The van der Waals surface area contributed by atoms with Gasteiger partial charge >= 0.3 is 0 Å². The largest absolute Gasteiger partial charge is 0.255 e. The lowest BCUT2D eigenvalue weighted by molar-refractivity contribution is 0.112. The number of rotatable bonds is 2. The highest BCUT2D eigenvalue weighted by Gasteiger charge is 2.57. The second kappa shape index (κ2) is 3.35. The first-order valence-electron chi connectivity index (χ1n) is 4.32. The van der Waals surface area contributed by atoms with Crippen LogP contribution in [0.2, 0.25) is 0 Å². The van der Waals surface area contributed by atoms with Gasteiger partial charge in [-0.05, 0) is 35.1 Å². The van der Waals surface area contributed by atoms with Gasteiger partial charge in [0, 0.05) is 11.3 Å². The van der Waals surface area contributed by atoms with Crippen molar-refractivity contribution in [3.05, 3.63) is 29.8 Å². The number of halogens is 2. The molecule has 0 saturated heterocycles. The van der Waals surface area contributed by atoms with Crippen LogP contribution in [0.15, 0.2) is 29.2 Å². The van der Waals surface area contributed by atoms with Crippen molar-refractivity contribution in [2.75, 3.05) is 6.26 Å². The molecule has 0 aliphatic heterocycles. The summed E-state index contributed by atoms with van der Waals surface area (Å²) in [5, 5.41) is 0. The SMILES string of the molecule is CS(=S)c1ccc(C2CC2(F)F)cc1.